The lowest BCUT2D eigenvalue weighted by Gasteiger charge is -1.88. The highest BCUT2D eigenvalue weighted by molar-refractivity contribution is 6.33. The molecule has 0 amide bonds. The van der Waals surface area contributed by atoms with E-state index >= 15 is 0 Å². The van der Waals surface area contributed by atoms with E-state index in [1.54, 1.807) is 6.92 Å². The first-order valence-electron chi connectivity index (χ1n) is 2.93. The molecule has 12 heavy (non-hydrogen) atoms. The zero-order chi connectivity index (χ0) is 9.56. The van der Waals surface area contributed by atoms with Crippen LogP contribution in [0, 0.1) is 0 Å². The lowest BCUT2D eigenvalue weighted by atomic mass is 10.9. The molecule has 1 N–H and O–H groups in total. The molecule has 1 heterocycles. The van der Waals surface area contributed by atoms with Crippen molar-refractivity contribution in [1.82, 2.24) is 15.0 Å². The van der Waals surface area contributed by atoms with Crippen LogP contribution < -0.4 is 0 Å². The van der Waals surface area contributed by atoms with Crippen LogP contribution in [0.25, 0.3) is 0 Å². The Labute approximate surface area is 84.5 Å². The van der Waals surface area contributed by atoms with E-state index in [9.17, 15) is 0 Å². The van der Waals surface area contributed by atoms with Crippen LogP contribution in [0.2, 0.25) is 15.9 Å². The van der Waals surface area contributed by atoms with Crippen molar-refractivity contribution < 1.29 is 5.11 Å². The Hall–Kier alpha value is -0.160. The molecule has 0 saturated carbocycles. The van der Waals surface area contributed by atoms with Crippen molar-refractivity contribution >= 4 is 34.8 Å². The summed E-state index contributed by atoms with van der Waals surface area (Å²) in [5.74, 6) is 0. The molecule has 0 aliphatic carbocycles. The lowest BCUT2D eigenvalue weighted by molar-refractivity contribution is 0.318. The molecule has 0 unspecified atom stereocenters. The predicted molar refractivity (Wildman–Crippen MR) is 47.6 cm³/mol. The minimum absolute atomic E-state index is 0.000000000000000444. The van der Waals surface area contributed by atoms with Crippen LogP contribution in [0.3, 0.4) is 0 Å². The summed E-state index contributed by atoms with van der Waals surface area (Å²) in [4.78, 5) is 10.4. The van der Waals surface area contributed by atoms with Gasteiger partial charge in [-0.1, -0.05) is 0 Å². The van der Waals surface area contributed by atoms with Gasteiger partial charge in [0.1, 0.15) is 0 Å². The van der Waals surface area contributed by atoms with Crippen molar-refractivity contribution in [2.24, 2.45) is 0 Å². The molecule has 1 rings (SSSR count). The van der Waals surface area contributed by atoms with Gasteiger partial charge in [-0.25, -0.2) is 0 Å². The monoisotopic (exact) mass is 229 g/mol. The summed E-state index contributed by atoms with van der Waals surface area (Å²) < 4.78 is 0. The van der Waals surface area contributed by atoms with Gasteiger partial charge in [-0.3, -0.25) is 0 Å². The van der Waals surface area contributed by atoms with Gasteiger partial charge in [0, 0.05) is 6.61 Å². The third kappa shape index (κ3) is 5.49. The first-order valence-corrected chi connectivity index (χ1v) is 4.07. The van der Waals surface area contributed by atoms with Gasteiger partial charge >= 0.3 is 0 Å². The number of nitrogens with zero attached hydrogens (tertiary/aromatic N) is 3. The first-order chi connectivity index (χ1) is 5.60. The van der Waals surface area contributed by atoms with Gasteiger partial charge in [-0.15, -0.1) is 0 Å². The maximum absolute atomic E-state index is 7.57. The number of aliphatic hydroxyl groups is 1. The molecule has 0 aliphatic heterocycles. The van der Waals surface area contributed by atoms with Crippen molar-refractivity contribution in [2.45, 2.75) is 6.92 Å². The summed E-state index contributed by atoms with van der Waals surface area (Å²) in [5.41, 5.74) is 0. The quantitative estimate of drug-likeness (QED) is 0.739. The van der Waals surface area contributed by atoms with E-state index < -0.39 is 0 Å². The Balaban J connectivity index is 0.000000354. The van der Waals surface area contributed by atoms with Gasteiger partial charge in [-0.05, 0) is 41.7 Å². The Kier molecular flexibility index (Phi) is 6.28. The number of aliphatic hydroxyl groups excluding tert-OH is 1. The molecule has 0 atom stereocenters. The summed E-state index contributed by atoms with van der Waals surface area (Å²) in [6.07, 6.45) is 0. The van der Waals surface area contributed by atoms with E-state index in [1.165, 1.54) is 0 Å². The third-order valence-corrected chi connectivity index (χ3v) is 1.06. The van der Waals surface area contributed by atoms with Gasteiger partial charge in [0.15, 0.2) is 0 Å². The Morgan fingerprint density at radius 1 is 1.00 bits per heavy atom. The van der Waals surface area contributed by atoms with E-state index in [0.29, 0.717) is 0 Å². The number of halogens is 3. The van der Waals surface area contributed by atoms with E-state index in [2.05, 4.69) is 15.0 Å². The Bertz CT molecular complexity index is 195. The van der Waals surface area contributed by atoms with Crippen molar-refractivity contribution in [3.63, 3.8) is 0 Å². The molecule has 0 spiro atoms. The first kappa shape index (κ1) is 11.8. The van der Waals surface area contributed by atoms with E-state index in [-0.39, 0.29) is 22.5 Å². The molecule has 1 aromatic heterocycles. The third-order valence-electron chi connectivity index (χ3n) is 0.554. The average Bonchev–Trinajstić information content (AvgIpc) is 1.84. The van der Waals surface area contributed by atoms with E-state index in [1.807, 2.05) is 0 Å². The fourth-order valence-corrected chi connectivity index (χ4v) is 0.913. The minimum Gasteiger partial charge on any atom is -0.397 e. The lowest BCUT2D eigenvalue weighted by Crippen LogP contribution is -1.87. The fraction of sp³-hybridized carbons (Fsp3) is 0.400. The van der Waals surface area contributed by atoms with Crippen LogP contribution in [-0.4, -0.2) is 26.7 Å². The van der Waals surface area contributed by atoms with Gasteiger partial charge in [-0.2, -0.15) is 15.0 Å². The topological polar surface area (TPSA) is 58.9 Å². The summed E-state index contributed by atoms with van der Waals surface area (Å²) >= 11 is 16.0. The standard InChI is InChI=1S/C3Cl3N3.C2H6O/c4-1-7-2(5)9-3(6)8-1;1-2-3/h;3H,2H2,1H3. The van der Waals surface area contributed by atoms with Crippen molar-refractivity contribution in [3.8, 4) is 0 Å². The zero-order valence-electron chi connectivity index (χ0n) is 6.13. The van der Waals surface area contributed by atoms with Gasteiger partial charge in [0.2, 0.25) is 15.9 Å². The van der Waals surface area contributed by atoms with Gasteiger partial charge in [0.05, 0.1) is 0 Å². The molecule has 68 valence electrons. The smallest absolute Gasteiger partial charge is 0.227 e. The number of hydrogen-bond donors (Lipinski definition) is 1. The van der Waals surface area contributed by atoms with Crippen LogP contribution in [-0.2, 0) is 0 Å². The highest BCUT2D eigenvalue weighted by Gasteiger charge is 1.97. The number of aromatic nitrogens is 3. The Morgan fingerprint density at radius 3 is 1.33 bits per heavy atom. The molecule has 0 saturated heterocycles. The predicted octanol–water partition coefficient (Wildman–Crippen LogP) is 1.83. The highest BCUT2D eigenvalue weighted by Crippen LogP contribution is 2.08. The molecule has 4 nitrogen and oxygen atoms in total. The second kappa shape index (κ2) is 6.37. The summed E-state index contributed by atoms with van der Waals surface area (Å²) in [6, 6.07) is 0. The maximum Gasteiger partial charge on any atom is 0.227 e. The van der Waals surface area contributed by atoms with Gasteiger partial charge < -0.3 is 5.11 Å². The second-order valence-electron chi connectivity index (χ2n) is 1.46. The van der Waals surface area contributed by atoms with Crippen LogP contribution >= 0.6 is 34.8 Å². The summed E-state index contributed by atoms with van der Waals surface area (Å²) in [6.45, 7) is 1.93. The average molecular weight is 230 g/mol. The number of hydrogen-bond acceptors (Lipinski definition) is 4. The normalized spacial score (nSPS) is 8.75. The molecule has 0 radical (unpaired) electrons. The molecular formula is C5H6Cl3N3O. The SMILES string of the molecule is CCO.Clc1nc(Cl)nc(Cl)n1. The van der Waals surface area contributed by atoms with Crippen LogP contribution in [0.4, 0.5) is 0 Å². The molecule has 0 bridgehead atoms. The van der Waals surface area contributed by atoms with Gasteiger partial charge in [0.25, 0.3) is 0 Å². The molecular weight excluding hydrogens is 224 g/mol. The van der Waals surface area contributed by atoms with E-state index in [4.69, 9.17) is 39.9 Å². The van der Waals surface area contributed by atoms with E-state index in [0.717, 1.165) is 0 Å². The Morgan fingerprint density at radius 2 is 1.17 bits per heavy atom. The molecule has 1 aromatic rings. The number of rotatable bonds is 0. The fourth-order valence-electron chi connectivity index (χ4n) is 0.303. The minimum atomic E-state index is 0.000000000000000444. The largest absolute Gasteiger partial charge is 0.397 e. The molecule has 0 aliphatic rings. The van der Waals surface area contributed by atoms with Crippen LogP contribution in [0.1, 0.15) is 6.92 Å². The molecule has 7 heteroatoms. The molecule has 0 aromatic carbocycles. The van der Waals surface area contributed by atoms with Crippen molar-refractivity contribution in [3.05, 3.63) is 15.9 Å². The zero-order valence-corrected chi connectivity index (χ0v) is 8.40. The van der Waals surface area contributed by atoms with Crippen molar-refractivity contribution in [1.29, 1.82) is 0 Å². The summed E-state index contributed by atoms with van der Waals surface area (Å²) in [5, 5.41) is 7.57. The van der Waals surface area contributed by atoms with Crippen LogP contribution in [0.15, 0.2) is 0 Å². The van der Waals surface area contributed by atoms with Crippen molar-refractivity contribution in [2.75, 3.05) is 6.61 Å². The molecule has 0 fully saturated rings. The summed E-state index contributed by atoms with van der Waals surface area (Å²) in [7, 11) is 0. The highest BCUT2D eigenvalue weighted by atomic mass is 35.5. The van der Waals surface area contributed by atoms with Crippen LogP contribution in [0.5, 0.6) is 0 Å². The second-order valence-corrected chi connectivity index (χ2v) is 2.47. The maximum atomic E-state index is 7.57.